The average Bonchev–Trinajstić information content (AvgIpc) is 2.91. The van der Waals surface area contributed by atoms with Crippen molar-refractivity contribution >= 4 is 5.91 Å². The molecule has 0 radical (unpaired) electrons. The van der Waals surface area contributed by atoms with Crippen molar-refractivity contribution in [2.75, 3.05) is 0 Å². The van der Waals surface area contributed by atoms with Crippen LogP contribution in [0.1, 0.15) is 36.2 Å². The molecule has 1 aliphatic rings. The van der Waals surface area contributed by atoms with Gasteiger partial charge in [-0.05, 0) is 36.0 Å². The van der Waals surface area contributed by atoms with Crippen molar-refractivity contribution in [2.45, 2.75) is 45.3 Å². The van der Waals surface area contributed by atoms with E-state index in [4.69, 9.17) is 0 Å². The summed E-state index contributed by atoms with van der Waals surface area (Å²) in [5, 5.41) is 4.34. The third kappa shape index (κ3) is 4.67. The van der Waals surface area contributed by atoms with E-state index < -0.39 is 0 Å². The van der Waals surface area contributed by atoms with Gasteiger partial charge in [0, 0.05) is 51.9 Å². The Labute approximate surface area is 176 Å². The van der Waals surface area contributed by atoms with Gasteiger partial charge >= 0.3 is 5.69 Å². The smallest absolute Gasteiger partial charge is 0.334 e. The zero-order chi connectivity index (χ0) is 20.9. The van der Waals surface area contributed by atoms with Crippen LogP contribution in [0.2, 0.25) is 0 Å². The predicted octanol–water partition coefficient (Wildman–Crippen LogP) is 2.55. The maximum Gasteiger partial charge on any atom is 0.345 e. The van der Waals surface area contributed by atoms with Gasteiger partial charge in [0.05, 0.1) is 0 Å². The van der Waals surface area contributed by atoms with Crippen molar-refractivity contribution in [1.29, 1.82) is 0 Å². The first-order valence-corrected chi connectivity index (χ1v) is 10.4. The summed E-state index contributed by atoms with van der Waals surface area (Å²) < 4.78 is 3.15. The second-order valence-electron chi connectivity index (χ2n) is 7.97. The number of hydrogen-bond acceptors (Lipinski definition) is 4. The van der Waals surface area contributed by atoms with Gasteiger partial charge in [-0.25, -0.2) is 9.48 Å². The van der Waals surface area contributed by atoms with E-state index in [9.17, 15) is 9.59 Å². The molecular formula is C23H27N5O2. The summed E-state index contributed by atoms with van der Waals surface area (Å²) in [4.78, 5) is 31.6. The van der Waals surface area contributed by atoms with Gasteiger partial charge in [0.25, 0.3) is 0 Å². The van der Waals surface area contributed by atoms with E-state index in [1.165, 1.54) is 4.68 Å². The number of benzene rings is 1. The zero-order valence-corrected chi connectivity index (χ0v) is 17.3. The normalized spacial score (nSPS) is 16.0. The topological polar surface area (TPSA) is 73.0 Å². The molecule has 1 aliphatic heterocycles. The number of aryl methyl sites for hydroxylation is 2. The van der Waals surface area contributed by atoms with Crippen molar-refractivity contribution in [3.63, 3.8) is 0 Å². The zero-order valence-electron chi connectivity index (χ0n) is 17.3. The predicted molar refractivity (Wildman–Crippen MR) is 113 cm³/mol. The van der Waals surface area contributed by atoms with Crippen LogP contribution < -0.4 is 5.69 Å². The summed E-state index contributed by atoms with van der Waals surface area (Å²) in [6, 6.07) is 14.0. The lowest BCUT2D eigenvalue weighted by molar-refractivity contribution is -0.133. The Morgan fingerprint density at radius 3 is 2.63 bits per heavy atom. The second-order valence-corrected chi connectivity index (χ2v) is 7.97. The molecular weight excluding hydrogens is 378 g/mol. The molecule has 0 saturated heterocycles. The van der Waals surface area contributed by atoms with Crippen molar-refractivity contribution in [1.82, 2.24) is 24.2 Å². The molecule has 2 aromatic heterocycles. The number of carbonyl (C=O) groups excluding carboxylic acids is 1. The van der Waals surface area contributed by atoms with Crippen LogP contribution in [0.3, 0.4) is 0 Å². The lowest BCUT2D eigenvalue weighted by atomic mass is 9.95. The highest BCUT2D eigenvalue weighted by atomic mass is 16.2. The van der Waals surface area contributed by atoms with E-state index in [0.29, 0.717) is 26.1 Å². The standard InChI is InChI=1S/C23H27N5O2/c1-26-23(30)28-13-11-18(9-10-21(28)25-26)14-22(29)27(16-19-6-3-2-4-7-19)17-20-8-5-12-24-15-20/h2-8,12,15,18H,9-11,13-14,16-17H2,1H3. The minimum Gasteiger partial charge on any atom is -0.334 e. The van der Waals surface area contributed by atoms with Gasteiger partial charge < -0.3 is 4.90 Å². The highest BCUT2D eigenvalue weighted by molar-refractivity contribution is 5.76. The number of amides is 1. The molecule has 0 spiro atoms. The number of nitrogens with zero attached hydrogens (tertiary/aromatic N) is 5. The molecule has 3 heterocycles. The van der Waals surface area contributed by atoms with Crippen LogP contribution in [0, 0.1) is 5.92 Å². The number of carbonyl (C=O) groups is 1. The molecule has 156 valence electrons. The largest absolute Gasteiger partial charge is 0.345 e. The molecule has 4 rings (SSSR count). The SMILES string of the molecule is Cn1nc2n(c1=O)CCC(CC(=O)N(Cc1ccccc1)Cc1cccnc1)CC2. The van der Waals surface area contributed by atoms with Crippen molar-refractivity contribution in [3.8, 4) is 0 Å². The quantitative estimate of drug-likeness (QED) is 0.632. The summed E-state index contributed by atoms with van der Waals surface area (Å²) in [6.45, 7) is 1.74. The molecule has 30 heavy (non-hydrogen) atoms. The Morgan fingerprint density at radius 1 is 1.10 bits per heavy atom. The Balaban J connectivity index is 1.45. The van der Waals surface area contributed by atoms with E-state index in [1.807, 2.05) is 53.6 Å². The maximum absolute atomic E-state index is 13.3. The van der Waals surface area contributed by atoms with Crippen molar-refractivity contribution in [2.24, 2.45) is 13.0 Å². The maximum atomic E-state index is 13.3. The molecule has 1 unspecified atom stereocenters. The molecule has 1 atom stereocenters. The minimum absolute atomic E-state index is 0.0701. The summed E-state index contributed by atoms with van der Waals surface area (Å²) in [5.41, 5.74) is 2.06. The molecule has 3 aromatic rings. The molecule has 0 saturated carbocycles. The van der Waals surface area contributed by atoms with Crippen molar-refractivity contribution < 1.29 is 4.79 Å². The third-order valence-electron chi connectivity index (χ3n) is 5.75. The van der Waals surface area contributed by atoms with Gasteiger partial charge in [-0.15, -0.1) is 0 Å². The molecule has 1 amide bonds. The van der Waals surface area contributed by atoms with E-state index in [1.54, 1.807) is 17.8 Å². The first-order valence-electron chi connectivity index (χ1n) is 10.4. The van der Waals surface area contributed by atoms with Crippen LogP contribution >= 0.6 is 0 Å². The molecule has 0 N–H and O–H groups in total. The van der Waals surface area contributed by atoms with E-state index in [2.05, 4.69) is 10.1 Å². The molecule has 0 fully saturated rings. The lowest BCUT2D eigenvalue weighted by Gasteiger charge is -2.25. The number of pyridine rings is 1. The van der Waals surface area contributed by atoms with Gasteiger partial charge in [-0.3, -0.25) is 14.3 Å². The van der Waals surface area contributed by atoms with Crippen LogP contribution in [-0.2, 0) is 37.9 Å². The van der Waals surface area contributed by atoms with Crippen LogP contribution in [-0.4, -0.2) is 30.1 Å². The van der Waals surface area contributed by atoms with Gasteiger partial charge in [0.1, 0.15) is 5.82 Å². The minimum atomic E-state index is -0.0701. The number of fused-ring (bicyclic) bond motifs is 1. The summed E-state index contributed by atoms with van der Waals surface area (Å²) in [6.07, 6.45) is 6.45. The highest BCUT2D eigenvalue weighted by Gasteiger charge is 2.24. The monoisotopic (exact) mass is 405 g/mol. The summed E-state index contributed by atoms with van der Waals surface area (Å²) >= 11 is 0. The highest BCUT2D eigenvalue weighted by Crippen LogP contribution is 2.23. The summed E-state index contributed by atoms with van der Waals surface area (Å²) in [5.74, 6) is 1.21. The average molecular weight is 406 g/mol. The fourth-order valence-electron chi connectivity index (χ4n) is 4.08. The Bertz CT molecular complexity index is 1000. The summed E-state index contributed by atoms with van der Waals surface area (Å²) in [7, 11) is 1.69. The molecule has 1 aromatic carbocycles. The lowest BCUT2D eigenvalue weighted by Crippen LogP contribution is -2.32. The first-order chi connectivity index (χ1) is 14.6. The fraction of sp³-hybridized carbons (Fsp3) is 0.391. The molecule has 7 nitrogen and oxygen atoms in total. The van der Waals surface area contributed by atoms with Crippen LogP contribution in [0.15, 0.2) is 59.7 Å². The second kappa shape index (κ2) is 9.07. The van der Waals surface area contributed by atoms with Crippen molar-refractivity contribution in [3.05, 3.63) is 82.3 Å². The Kier molecular flexibility index (Phi) is 6.07. The Morgan fingerprint density at radius 2 is 1.87 bits per heavy atom. The van der Waals surface area contributed by atoms with E-state index >= 15 is 0 Å². The molecule has 0 aliphatic carbocycles. The fourth-order valence-corrected chi connectivity index (χ4v) is 4.08. The first kappa shape index (κ1) is 20.1. The molecule has 0 bridgehead atoms. The van der Waals surface area contributed by atoms with Gasteiger partial charge in [-0.2, -0.15) is 5.10 Å². The van der Waals surface area contributed by atoms with Gasteiger partial charge in [0.2, 0.25) is 5.91 Å². The van der Waals surface area contributed by atoms with Crippen LogP contribution in [0.25, 0.3) is 0 Å². The molecule has 7 heteroatoms. The van der Waals surface area contributed by atoms with Gasteiger partial charge in [0.15, 0.2) is 0 Å². The number of hydrogen-bond donors (Lipinski definition) is 0. The van der Waals surface area contributed by atoms with Gasteiger partial charge in [-0.1, -0.05) is 36.4 Å². The van der Waals surface area contributed by atoms with Crippen LogP contribution in [0.4, 0.5) is 0 Å². The third-order valence-corrected chi connectivity index (χ3v) is 5.75. The number of aromatic nitrogens is 4. The van der Waals surface area contributed by atoms with E-state index in [0.717, 1.165) is 36.2 Å². The number of rotatable bonds is 6. The van der Waals surface area contributed by atoms with E-state index in [-0.39, 0.29) is 17.5 Å². The van der Waals surface area contributed by atoms with Crippen LogP contribution in [0.5, 0.6) is 0 Å². The Hall–Kier alpha value is -3.22.